The fraction of sp³-hybridized carbons (Fsp3) is 0.167. The summed E-state index contributed by atoms with van der Waals surface area (Å²) in [6.45, 7) is 1.24. The van der Waals surface area contributed by atoms with Crippen molar-refractivity contribution in [3.05, 3.63) is 84.2 Å². The molecule has 0 fully saturated rings. The second-order valence-corrected chi connectivity index (χ2v) is 8.32. The number of carbonyl (C=O) groups is 1. The highest BCUT2D eigenvalue weighted by molar-refractivity contribution is 7.99. The van der Waals surface area contributed by atoms with E-state index in [-0.39, 0.29) is 18.5 Å². The number of fused-ring (bicyclic) bond motifs is 1. The van der Waals surface area contributed by atoms with Gasteiger partial charge in [0.05, 0.1) is 12.3 Å². The van der Waals surface area contributed by atoms with E-state index in [1.807, 2.05) is 53.1 Å². The van der Waals surface area contributed by atoms with Gasteiger partial charge in [0.2, 0.25) is 12.7 Å². The van der Waals surface area contributed by atoms with Gasteiger partial charge in [0.15, 0.2) is 22.5 Å². The molecule has 0 radical (unpaired) electrons. The topological polar surface area (TPSA) is 91.2 Å². The maximum Gasteiger partial charge on any atom is 0.231 e. The summed E-state index contributed by atoms with van der Waals surface area (Å²) < 4.78 is 12.7. The van der Waals surface area contributed by atoms with Crippen LogP contribution in [0.2, 0.25) is 0 Å². The molecule has 33 heavy (non-hydrogen) atoms. The molecule has 2 aromatic carbocycles. The Balaban J connectivity index is 1.26. The molecule has 0 atom stereocenters. The van der Waals surface area contributed by atoms with E-state index in [2.05, 4.69) is 32.6 Å². The molecule has 4 aromatic rings. The third-order valence-electron chi connectivity index (χ3n) is 5.08. The van der Waals surface area contributed by atoms with Crippen LogP contribution in [0.1, 0.15) is 11.1 Å². The molecule has 8 nitrogen and oxygen atoms in total. The summed E-state index contributed by atoms with van der Waals surface area (Å²) in [5.41, 5.74) is 2.94. The molecule has 1 aliphatic rings. The predicted octanol–water partition coefficient (Wildman–Crippen LogP) is 3.53. The van der Waals surface area contributed by atoms with Gasteiger partial charge in [0.1, 0.15) is 0 Å². The average molecular weight is 460 g/mol. The van der Waals surface area contributed by atoms with Gasteiger partial charge in [0, 0.05) is 24.5 Å². The molecule has 0 unspecified atom stereocenters. The Kier molecular flexibility index (Phi) is 6.21. The fourth-order valence-corrected chi connectivity index (χ4v) is 4.21. The van der Waals surface area contributed by atoms with E-state index in [9.17, 15) is 4.79 Å². The van der Waals surface area contributed by atoms with Crippen molar-refractivity contribution in [2.45, 2.75) is 18.2 Å². The van der Waals surface area contributed by atoms with Crippen LogP contribution in [0.5, 0.6) is 11.5 Å². The highest BCUT2D eigenvalue weighted by Crippen LogP contribution is 2.32. The Bertz CT molecular complexity index is 1250. The zero-order chi connectivity index (χ0) is 22.5. The Labute approximate surface area is 195 Å². The number of amides is 1. The van der Waals surface area contributed by atoms with E-state index in [0.29, 0.717) is 24.0 Å². The molecule has 0 saturated heterocycles. The van der Waals surface area contributed by atoms with Crippen molar-refractivity contribution < 1.29 is 14.3 Å². The van der Waals surface area contributed by atoms with Crippen molar-refractivity contribution in [3.63, 3.8) is 0 Å². The standard InChI is InChI=1S/C24H21N5O3S/c30-22(26-12-18-8-9-20-21(11-18)32-16-31-20)15-33-24-28-27-23(19-7-4-10-25-13-19)29(24)14-17-5-2-1-3-6-17/h1-11,13H,12,14-16H2,(H,26,30). The van der Waals surface area contributed by atoms with Crippen LogP contribution in [0.4, 0.5) is 0 Å². The van der Waals surface area contributed by atoms with E-state index in [0.717, 1.165) is 28.3 Å². The molecule has 3 heterocycles. The van der Waals surface area contributed by atoms with E-state index in [4.69, 9.17) is 9.47 Å². The fourth-order valence-electron chi connectivity index (χ4n) is 3.45. The second-order valence-electron chi connectivity index (χ2n) is 7.37. The molecule has 9 heteroatoms. The summed E-state index contributed by atoms with van der Waals surface area (Å²) in [6.07, 6.45) is 3.49. The summed E-state index contributed by atoms with van der Waals surface area (Å²) >= 11 is 1.36. The first kappa shape index (κ1) is 21.0. The Morgan fingerprint density at radius 1 is 1.00 bits per heavy atom. The van der Waals surface area contributed by atoms with Crippen LogP contribution in [0, 0.1) is 0 Å². The van der Waals surface area contributed by atoms with Crippen molar-refractivity contribution in [1.29, 1.82) is 0 Å². The van der Waals surface area contributed by atoms with Gasteiger partial charge < -0.3 is 14.8 Å². The summed E-state index contributed by atoms with van der Waals surface area (Å²) in [6, 6.07) is 19.6. The highest BCUT2D eigenvalue weighted by atomic mass is 32.2. The smallest absolute Gasteiger partial charge is 0.231 e. The van der Waals surface area contributed by atoms with Crippen LogP contribution in [0.25, 0.3) is 11.4 Å². The number of hydrogen-bond acceptors (Lipinski definition) is 7. The molecular weight excluding hydrogens is 438 g/mol. The molecular formula is C24H21N5O3S. The number of pyridine rings is 1. The summed E-state index contributed by atoms with van der Waals surface area (Å²) in [4.78, 5) is 16.7. The molecule has 0 aliphatic carbocycles. The molecule has 0 spiro atoms. The lowest BCUT2D eigenvalue weighted by Gasteiger charge is -2.10. The molecule has 5 rings (SSSR count). The lowest BCUT2D eigenvalue weighted by Crippen LogP contribution is -2.24. The van der Waals surface area contributed by atoms with Gasteiger partial charge in [-0.1, -0.05) is 48.2 Å². The first-order chi connectivity index (χ1) is 16.3. The number of nitrogens with one attached hydrogen (secondary N) is 1. The molecule has 2 aromatic heterocycles. The Hall–Kier alpha value is -3.85. The summed E-state index contributed by atoms with van der Waals surface area (Å²) in [5.74, 6) is 2.28. The maximum absolute atomic E-state index is 12.5. The van der Waals surface area contributed by atoms with Crippen molar-refractivity contribution in [1.82, 2.24) is 25.1 Å². The van der Waals surface area contributed by atoms with Crippen LogP contribution in [0.3, 0.4) is 0 Å². The number of nitrogens with zero attached hydrogens (tertiary/aromatic N) is 4. The van der Waals surface area contributed by atoms with E-state index in [1.165, 1.54) is 11.8 Å². The number of benzene rings is 2. The SMILES string of the molecule is O=C(CSc1nnc(-c2cccnc2)n1Cc1ccccc1)NCc1ccc2c(c1)OCO2. The monoisotopic (exact) mass is 459 g/mol. The van der Waals surface area contributed by atoms with Crippen LogP contribution < -0.4 is 14.8 Å². The van der Waals surface area contributed by atoms with Gasteiger partial charge in [0.25, 0.3) is 0 Å². The molecule has 1 N–H and O–H groups in total. The Morgan fingerprint density at radius 2 is 1.88 bits per heavy atom. The highest BCUT2D eigenvalue weighted by Gasteiger charge is 2.17. The van der Waals surface area contributed by atoms with E-state index < -0.39 is 0 Å². The zero-order valence-electron chi connectivity index (χ0n) is 17.7. The first-order valence-electron chi connectivity index (χ1n) is 10.4. The van der Waals surface area contributed by atoms with Gasteiger partial charge in [-0.2, -0.15) is 0 Å². The van der Waals surface area contributed by atoms with Gasteiger partial charge in [-0.25, -0.2) is 0 Å². The van der Waals surface area contributed by atoms with Crippen molar-refractivity contribution >= 4 is 17.7 Å². The average Bonchev–Trinajstić information content (AvgIpc) is 3.49. The number of thioether (sulfide) groups is 1. The predicted molar refractivity (Wildman–Crippen MR) is 124 cm³/mol. The summed E-state index contributed by atoms with van der Waals surface area (Å²) in [5, 5.41) is 12.4. The molecule has 0 saturated carbocycles. The number of carbonyl (C=O) groups excluding carboxylic acids is 1. The van der Waals surface area contributed by atoms with Crippen LogP contribution in [-0.2, 0) is 17.9 Å². The summed E-state index contributed by atoms with van der Waals surface area (Å²) in [7, 11) is 0. The second kappa shape index (κ2) is 9.74. The molecule has 0 bridgehead atoms. The molecule has 1 aliphatic heterocycles. The quantitative estimate of drug-likeness (QED) is 0.403. The third kappa shape index (κ3) is 4.98. The van der Waals surface area contributed by atoms with Gasteiger partial charge >= 0.3 is 0 Å². The lowest BCUT2D eigenvalue weighted by molar-refractivity contribution is -0.118. The van der Waals surface area contributed by atoms with Gasteiger partial charge in [-0.05, 0) is 35.4 Å². The zero-order valence-corrected chi connectivity index (χ0v) is 18.5. The Morgan fingerprint density at radius 3 is 2.73 bits per heavy atom. The van der Waals surface area contributed by atoms with Crippen molar-refractivity contribution in [2.24, 2.45) is 0 Å². The minimum atomic E-state index is -0.0881. The van der Waals surface area contributed by atoms with Crippen LogP contribution >= 0.6 is 11.8 Å². The third-order valence-corrected chi connectivity index (χ3v) is 6.05. The van der Waals surface area contributed by atoms with Crippen molar-refractivity contribution in [2.75, 3.05) is 12.5 Å². The molecule has 166 valence electrons. The van der Waals surface area contributed by atoms with Gasteiger partial charge in [-0.3, -0.25) is 14.3 Å². The van der Waals surface area contributed by atoms with Crippen molar-refractivity contribution in [3.8, 4) is 22.9 Å². The number of rotatable bonds is 8. The van der Waals surface area contributed by atoms with E-state index >= 15 is 0 Å². The lowest BCUT2D eigenvalue weighted by atomic mass is 10.2. The number of ether oxygens (including phenoxy) is 2. The largest absolute Gasteiger partial charge is 0.454 e. The molecule has 1 amide bonds. The number of aromatic nitrogens is 4. The first-order valence-corrected chi connectivity index (χ1v) is 11.4. The van der Waals surface area contributed by atoms with E-state index in [1.54, 1.807) is 12.4 Å². The van der Waals surface area contributed by atoms with Crippen LogP contribution in [0.15, 0.2) is 78.2 Å². The normalized spacial score (nSPS) is 12.0. The number of hydrogen-bond donors (Lipinski definition) is 1. The van der Waals surface area contributed by atoms with Gasteiger partial charge in [-0.15, -0.1) is 10.2 Å². The van der Waals surface area contributed by atoms with Crippen LogP contribution in [-0.4, -0.2) is 38.2 Å². The minimum Gasteiger partial charge on any atom is -0.454 e. The minimum absolute atomic E-state index is 0.0881. The maximum atomic E-state index is 12.5.